The molecule has 0 saturated heterocycles. The van der Waals surface area contributed by atoms with Gasteiger partial charge in [0.1, 0.15) is 11.2 Å². The van der Waals surface area contributed by atoms with E-state index >= 15 is 0 Å². The van der Waals surface area contributed by atoms with Crippen molar-refractivity contribution in [3.8, 4) is 114 Å². The van der Waals surface area contributed by atoms with Crippen molar-refractivity contribution in [1.29, 1.82) is 0 Å². The summed E-state index contributed by atoms with van der Waals surface area (Å²) in [5.74, 6) is 10.00. The molecule has 11 nitrogen and oxygen atoms in total. The maximum Gasteiger partial charge on any atom is 0.177 e. The molecule has 1 aromatic heterocycles. The van der Waals surface area contributed by atoms with Gasteiger partial charge in [-0.25, -0.2) is 0 Å². The summed E-state index contributed by atoms with van der Waals surface area (Å²) in [4.78, 5) is 4.31. The fourth-order valence-corrected chi connectivity index (χ4v) is 11.3. The van der Waals surface area contributed by atoms with Crippen molar-refractivity contribution < 1.29 is 42.3 Å². The SMILES string of the molecule is c1ccc(-c2ccc(N(c3ccc4c(c3)Oc3ccccc3O4)c3ccc4c(c3)Oc3cccc(-c5ccc6oc7cc(N(c8ccc9c(c8)Oc8ccccc8O9)c8ccc9c(c8)Oc8ccccc8O9)ccc7c6c5)c3O4)cc2)cc1. The monoisotopic (exact) mass is 1080 g/mol. The van der Waals surface area contributed by atoms with E-state index < -0.39 is 0 Å². The average molecular weight is 1080 g/mol. The molecule has 13 aromatic rings. The zero-order chi connectivity index (χ0) is 54.5. The molecule has 0 aliphatic carbocycles. The smallest absolute Gasteiger partial charge is 0.177 e. The average Bonchev–Trinajstić information content (AvgIpc) is 4.12. The molecular weight excluding hydrogens is 1040 g/mol. The number of nitrogens with zero attached hydrogens (tertiary/aromatic N) is 2. The lowest BCUT2D eigenvalue weighted by molar-refractivity contribution is 0.359. The van der Waals surface area contributed by atoms with E-state index in [1.54, 1.807) is 0 Å². The van der Waals surface area contributed by atoms with Gasteiger partial charge in [0.25, 0.3) is 0 Å². The van der Waals surface area contributed by atoms with Crippen molar-refractivity contribution in [2.45, 2.75) is 0 Å². The van der Waals surface area contributed by atoms with Gasteiger partial charge in [-0.05, 0) is 144 Å². The first-order valence-electron chi connectivity index (χ1n) is 27.2. The summed E-state index contributed by atoms with van der Waals surface area (Å²) in [5, 5.41) is 1.90. The summed E-state index contributed by atoms with van der Waals surface area (Å²) in [6, 6.07) is 84.2. The molecule has 0 unspecified atom stereocenters. The van der Waals surface area contributed by atoms with E-state index in [2.05, 4.69) is 94.7 Å². The van der Waals surface area contributed by atoms with Crippen LogP contribution in [-0.2, 0) is 0 Å². The molecule has 0 bridgehead atoms. The highest BCUT2D eigenvalue weighted by Gasteiger charge is 2.29. The van der Waals surface area contributed by atoms with Gasteiger partial charge in [-0.15, -0.1) is 0 Å². The lowest BCUT2D eigenvalue weighted by Crippen LogP contribution is -2.11. The molecule has 5 heterocycles. The van der Waals surface area contributed by atoms with Crippen LogP contribution in [-0.4, -0.2) is 0 Å². The number of rotatable bonds is 8. The molecule has 12 aromatic carbocycles. The molecule has 4 aliphatic heterocycles. The fraction of sp³-hybridized carbons (Fsp3) is 0. The summed E-state index contributed by atoms with van der Waals surface area (Å²) < 4.78 is 58.4. The van der Waals surface area contributed by atoms with Gasteiger partial charge in [-0.2, -0.15) is 0 Å². The number of hydrogen-bond donors (Lipinski definition) is 0. The summed E-state index contributed by atoms with van der Waals surface area (Å²) in [6.45, 7) is 0. The first-order valence-corrected chi connectivity index (χ1v) is 27.2. The third kappa shape index (κ3) is 7.97. The van der Waals surface area contributed by atoms with Gasteiger partial charge < -0.3 is 52.1 Å². The maximum absolute atomic E-state index is 6.85. The predicted octanol–water partition coefficient (Wildman–Crippen LogP) is 21.5. The van der Waals surface area contributed by atoms with E-state index in [-0.39, 0.29) is 0 Å². The number of hydrogen-bond acceptors (Lipinski definition) is 11. The summed E-state index contributed by atoms with van der Waals surface area (Å²) in [5.41, 5.74) is 10.7. The highest BCUT2D eigenvalue weighted by atomic mass is 16.6. The Hall–Kier alpha value is -11.6. The van der Waals surface area contributed by atoms with E-state index in [0.717, 1.165) is 72.7 Å². The van der Waals surface area contributed by atoms with Crippen molar-refractivity contribution in [2.24, 2.45) is 0 Å². The first-order chi connectivity index (χ1) is 41.0. The standard InChI is InChI=1S/C72H42N2O9/c1-2-11-43(12-3-1)44-21-24-46(25-22-44)73(48-27-33-62-68(39-48)79-59-17-7-4-14-56(59)76-62)49-30-36-65-71(40-49)82-66-20-10-13-52(72(66)83-65)45-23-32-55-54(37-45)53-31-26-47(38-67(53)75-55)74(50-28-34-63-69(41-50)80-60-18-8-5-15-57(60)77-63)51-29-35-64-70(42-51)81-61-19-9-6-16-58(61)78-64/h1-42H. The number of furan rings is 1. The Morgan fingerprint density at radius 2 is 0.578 bits per heavy atom. The number of fused-ring (bicyclic) bond motifs is 11. The largest absolute Gasteiger partial charge is 0.456 e. The Bertz CT molecular complexity index is 4690. The van der Waals surface area contributed by atoms with Crippen LogP contribution in [0.5, 0.6) is 92.0 Å². The molecule has 0 amide bonds. The Balaban J connectivity index is 0.701. The van der Waals surface area contributed by atoms with Crippen LogP contribution in [0.25, 0.3) is 44.2 Å². The quantitative estimate of drug-likeness (QED) is 0.146. The molecule has 394 valence electrons. The van der Waals surface area contributed by atoms with E-state index in [1.165, 1.54) is 0 Å². The third-order valence-electron chi connectivity index (χ3n) is 15.3. The normalized spacial score (nSPS) is 12.6. The number of ether oxygens (including phenoxy) is 8. The molecule has 0 atom stereocenters. The topological polar surface area (TPSA) is 93.5 Å². The Morgan fingerprint density at radius 3 is 1.10 bits per heavy atom. The maximum atomic E-state index is 6.85. The van der Waals surface area contributed by atoms with Crippen LogP contribution in [0.2, 0.25) is 0 Å². The van der Waals surface area contributed by atoms with Crippen LogP contribution >= 0.6 is 0 Å². The zero-order valence-electron chi connectivity index (χ0n) is 43.8. The van der Waals surface area contributed by atoms with Gasteiger partial charge in [-0.1, -0.05) is 97.1 Å². The van der Waals surface area contributed by atoms with E-state index in [1.807, 2.05) is 170 Å². The van der Waals surface area contributed by atoms with Crippen molar-refractivity contribution in [3.63, 3.8) is 0 Å². The number of benzene rings is 12. The summed E-state index contributed by atoms with van der Waals surface area (Å²) in [6.07, 6.45) is 0. The van der Waals surface area contributed by atoms with Gasteiger partial charge in [0, 0.05) is 58.0 Å². The number of para-hydroxylation sites is 7. The molecule has 0 saturated carbocycles. The number of anilines is 6. The lowest BCUT2D eigenvalue weighted by Gasteiger charge is -2.29. The molecule has 0 spiro atoms. The second-order valence-electron chi connectivity index (χ2n) is 20.4. The minimum absolute atomic E-state index is 0.578. The van der Waals surface area contributed by atoms with Crippen LogP contribution in [0.15, 0.2) is 259 Å². The fourth-order valence-electron chi connectivity index (χ4n) is 11.3. The highest BCUT2D eigenvalue weighted by molar-refractivity contribution is 6.08. The Kier molecular flexibility index (Phi) is 10.3. The molecule has 83 heavy (non-hydrogen) atoms. The van der Waals surface area contributed by atoms with Gasteiger partial charge >= 0.3 is 0 Å². The summed E-state index contributed by atoms with van der Waals surface area (Å²) in [7, 11) is 0. The van der Waals surface area contributed by atoms with E-state index in [4.69, 9.17) is 42.3 Å². The van der Waals surface area contributed by atoms with Crippen LogP contribution in [0, 0.1) is 0 Å². The van der Waals surface area contributed by atoms with Gasteiger partial charge in [0.05, 0.1) is 22.7 Å². The van der Waals surface area contributed by atoms with Crippen molar-refractivity contribution >= 4 is 56.1 Å². The molecular formula is C72H42N2O9. The molecule has 0 fully saturated rings. The molecule has 11 heteroatoms. The van der Waals surface area contributed by atoms with E-state index in [0.29, 0.717) is 97.6 Å². The van der Waals surface area contributed by atoms with Crippen LogP contribution in [0.1, 0.15) is 0 Å². The third-order valence-corrected chi connectivity index (χ3v) is 15.3. The highest BCUT2D eigenvalue weighted by Crippen LogP contribution is 2.55. The zero-order valence-corrected chi connectivity index (χ0v) is 43.8. The van der Waals surface area contributed by atoms with Gasteiger partial charge in [0.15, 0.2) is 92.0 Å². The molecule has 4 aliphatic rings. The Labute approximate surface area is 475 Å². The molecule has 17 rings (SSSR count). The van der Waals surface area contributed by atoms with Crippen molar-refractivity contribution in [1.82, 2.24) is 0 Å². The minimum Gasteiger partial charge on any atom is -0.456 e. The van der Waals surface area contributed by atoms with Crippen LogP contribution < -0.4 is 47.7 Å². The van der Waals surface area contributed by atoms with Crippen LogP contribution in [0.3, 0.4) is 0 Å². The second kappa shape index (κ2) is 18.5. The van der Waals surface area contributed by atoms with Crippen molar-refractivity contribution in [2.75, 3.05) is 9.80 Å². The molecule has 0 radical (unpaired) electrons. The molecule has 0 N–H and O–H groups in total. The van der Waals surface area contributed by atoms with Crippen molar-refractivity contribution in [3.05, 3.63) is 255 Å². The van der Waals surface area contributed by atoms with Crippen LogP contribution in [0.4, 0.5) is 34.1 Å². The lowest BCUT2D eigenvalue weighted by atomic mass is 10.0. The van der Waals surface area contributed by atoms with Gasteiger partial charge in [-0.3, -0.25) is 0 Å². The second-order valence-corrected chi connectivity index (χ2v) is 20.4. The summed E-state index contributed by atoms with van der Waals surface area (Å²) >= 11 is 0. The first kappa shape index (κ1) is 46.4. The minimum atomic E-state index is 0.578. The predicted molar refractivity (Wildman–Crippen MR) is 320 cm³/mol. The van der Waals surface area contributed by atoms with E-state index in [9.17, 15) is 0 Å². The van der Waals surface area contributed by atoms with Gasteiger partial charge in [0.2, 0.25) is 0 Å². The Morgan fingerprint density at radius 1 is 0.205 bits per heavy atom.